The van der Waals surface area contributed by atoms with Crippen molar-refractivity contribution in [2.24, 2.45) is 0 Å². The molecule has 2 fully saturated rings. The number of carbonyl (C=O) groups excluding carboxylic acids is 1. The highest BCUT2D eigenvalue weighted by molar-refractivity contribution is 6.11. The number of nitrogens with one attached hydrogen (secondary N) is 3. The highest BCUT2D eigenvalue weighted by Gasteiger charge is 2.37. The summed E-state index contributed by atoms with van der Waals surface area (Å²) in [6.45, 7) is 4.19. The van der Waals surface area contributed by atoms with E-state index >= 15 is 0 Å². The Labute approximate surface area is 218 Å². The summed E-state index contributed by atoms with van der Waals surface area (Å²) in [5, 5.41) is 14.1. The van der Waals surface area contributed by atoms with E-state index in [1.165, 1.54) is 0 Å². The number of nitrogens with zero attached hydrogens (tertiary/aromatic N) is 5. The number of hydrogen-bond acceptors (Lipinski definition) is 7. The van der Waals surface area contributed by atoms with Crippen molar-refractivity contribution in [3.8, 4) is 11.1 Å². The zero-order valence-corrected chi connectivity index (χ0v) is 20.8. The molecule has 2 aliphatic heterocycles. The Balaban J connectivity index is 1.19. The number of halogens is 2. The van der Waals surface area contributed by atoms with Crippen molar-refractivity contribution in [3.63, 3.8) is 0 Å². The molecule has 9 nitrogen and oxygen atoms in total. The number of aromatic nitrogens is 4. The average molecular weight is 519 g/mol. The van der Waals surface area contributed by atoms with Crippen LogP contribution in [0.15, 0.2) is 55.0 Å². The van der Waals surface area contributed by atoms with Crippen molar-refractivity contribution in [1.29, 1.82) is 0 Å². The first-order valence-corrected chi connectivity index (χ1v) is 12.7. The molecule has 1 amide bonds. The van der Waals surface area contributed by atoms with Crippen LogP contribution in [0, 0.1) is 0 Å². The number of piperazine rings is 1. The van der Waals surface area contributed by atoms with Crippen LogP contribution in [0.5, 0.6) is 0 Å². The van der Waals surface area contributed by atoms with Gasteiger partial charge in [0.25, 0.3) is 11.8 Å². The van der Waals surface area contributed by atoms with Crippen LogP contribution in [0.3, 0.4) is 0 Å². The van der Waals surface area contributed by atoms with Crippen molar-refractivity contribution in [2.75, 3.05) is 49.5 Å². The molecule has 3 aromatic heterocycles. The molecule has 0 radical (unpaired) electrons. The predicted molar refractivity (Wildman–Crippen MR) is 141 cm³/mol. The molecule has 1 aromatic carbocycles. The van der Waals surface area contributed by atoms with Gasteiger partial charge in [-0.15, -0.1) is 0 Å². The second-order valence-corrected chi connectivity index (χ2v) is 9.83. The topological polar surface area (TPSA) is 102 Å². The van der Waals surface area contributed by atoms with Gasteiger partial charge in [-0.05, 0) is 41.5 Å². The number of pyridine rings is 2. The molecule has 0 atom stereocenters. The minimum absolute atomic E-state index is 0.113. The lowest BCUT2D eigenvalue weighted by Gasteiger charge is -2.28. The highest BCUT2D eigenvalue weighted by Crippen LogP contribution is 2.29. The second-order valence-electron chi connectivity index (χ2n) is 9.83. The smallest absolute Gasteiger partial charge is 0.276 e. The average Bonchev–Trinajstić information content (AvgIpc) is 3.51. The van der Waals surface area contributed by atoms with Gasteiger partial charge in [-0.25, -0.2) is 13.8 Å². The summed E-state index contributed by atoms with van der Waals surface area (Å²) in [6, 6.07) is 11.4. The maximum atomic E-state index is 13.6. The summed E-state index contributed by atoms with van der Waals surface area (Å²) in [5.41, 5.74) is 4.16. The fourth-order valence-corrected chi connectivity index (χ4v) is 5.03. The largest absolute Gasteiger partial charge is 0.354 e. The number of carbonyl (C=O) groups is 1. The number of fused-ring (bicyclic) bond motifs is 1. The number of benzene rings is 1. The van der Waals surface area contributed by atoms with Gasteiger partial charge in [0, 0.05) is 69.0 Å². The van der Waals surface area contributed by atoms with Crippen molar-refractivity contribution >= 4 is 28.3 Å². The third-order valence-corrected chi connectivity index (χ3v) is 7.01. The van der Waals surface area contributed by atoms with Gasteiger partial charge in [-0.3, -0.25) is 19.8 Å². The van der Waals surface area contributed by atoms with E-state index in [9.17, 15) is 13.6 Å². The third kappa shape index (κ3) is 5.20. The van der Waals surface area contributed by atoms with E-state index < -0.39 is 5.92 Å². The van der Waals surface area contributed by atoms with E-state index in [0.29, 0.717) is 24.2 Å². The van der Waals surface area contributed by atoms with Crippen molar-refractivity contribution in [2.45, 2.75) is 18.9 Å². The zero-order valence-electron chi connectivity index (χ0n) is 20.8. The SMILES string of the molecule is O=C(Nc1ccc(N2CCNCC2)nc1)c1n[nH]c2ccc(-c3cncc(CN4CCC(F)(F)C4)c3)cc12. The molecule has 6 rings (SSSR count). The van der Waals surface area contributed by atoms with Gasteiger partial charge in [-0.2, -0.15) is 5.10 Å². The molecule has 0 aliphatic carbocycles. The highest BCUT2D eigenvalue weighted by atomic mass is 19.3. The summed E-state index contributed by atoms with van der Waals surface area (Å²) in [6.07, 6.45) is 4.98. The Kier molecular flexibility index (Phi) is 6.46. The molecule has 0 bridgehead atoms. The lowest BCUT2D eigenvalue weighted by Crippen LogP contribution is -2.43. The van der Waals surface area contributed by atoms with E-state index in [2.05, 4.69) is 35.7 Å². The lowest BCUT2D eigenvalue weighted by atomic mass is 10.0. The minimum Gasteiger partial charge on any atom is -0.354 e. The van der Waals surface area contributed by atoms with Crippen molar-refractivity contribution in [3.05, 3.63) is 66.2 Å². The monoisotopic (exact) mass is 518 g/mol. The van der Waals surface area contributed by atoms with Crippen LogP contribution in [-0.2, 0) is 6.54 Å². The van der Waals surface area contributed by atoms with Crippen LogP contribution in [0.2, 0.25) is 0 Å². The summed E-state index contributed by atoms with van der Waals surface area (Å²) in [4.78, 5) is 25.9. The van der Waals surface area contributed by atoms with Crippen molar-refractivity contribution < 1.29 is 13.6 Å². The van der Waals surface area contributed by atoms with Crippen LogP contribution >= 0.6 is 0 Å². The molecule has 0 spiro atoms. The molecular weight excluding hydrogens is 490 g/mol. The molecule has 0 saturated carbocycles. The van der Waals surface area contributed by atoms with Crippen LogP contribution in [-0.4, -0.2) is 76.2 Å². The van der Waals surface area contributed by atoms with Gasteiger partial charge in [0.2, 0.25) is 0 Å². The molecule has 2 saturated heterocycles. The number of aromatic amines is 1. The molecule has 38 heavy (non-hydrogen) atoms. The van der Waals surface area contributed by atoms with E-state index in [1.807, 2.05) is 36.4 Å². The number of H-pyrrole nitrogens is 1. The van der Waals surface area contributed by atoms with E-state index in [1.54, 1.807) is 23.5 Å². The first-order valence-electron chi connectivity index (χ1n) is 12.7. The summed E-state index contributed by atoms with van der Waals surface area (Å²) in [7, 11) is 0. The standard InChI is InChI=1S/C27H28F2N8O/c28-27(29)5-8-36(17-27)16-18-11-20(14-31-13-18)19-1-3-23-22(12-19)25(35-34-23)26(38)33-21-2-4-24(32-15-21)37-9-6-30-7-10-37/h1-4,11-15,30H,5-10,16-17H2,(H,33,38)(H,34,35). The molecule has 4 aromatic rings. The first kappa shape index (κ1) is 24.4. The third-order valence-electron chi connectivity index (χ3n) is 7.01. The van der Waals surface area contributed by atoms with E-state index in [0.717, 1.165) is 54.2 Å². The van der Waals surface area contributed by atoms with Gasteiger partial charge < -0.3 is 15.5 Å². The van der Waals surface area contributed by atoms with Gasteiger partial charge in [-0.1, -0.05) is 6.07 Å². The molecular formula is C27H28F2N8O. The van der Waals surface area contributed by atoms with Gasteiger partial charge >= 0.3 is 0 Å². The van der Waals surface area contributed by atoms with Crippen molar-refractivity contribution in [1.82, 2.24) is 30.4 Å². The van der Waals surface area contributed by atoms with Gasteiger partial charge in [0.05, 0.1) is 23.9 Å². The quantitative estimate of drug-likeness (QED) is 0.359. The number of hydrogen-bond donors (Lipinski definition) is 3. The molecule has 2 aliphatic rings. The Morgan fingerprint density at radius 3 is 2.66 bits per heavy atom. The van der Waals surface area contributed by atoms with Gasteiger partial charge in [0.15, 0.2) is 5.69 Å². The maximum Gasteiger partial charge on any atom is 0.276 e. The fourth-order valence-electron chi connectivity index (χ4n) is 5.03. The number of anilines is 2. The molecule has 3 N–H and O–H groups in total. The maximum absolute atomic E-state index is 13.6. The number of alkyl halides is 2. The Hall–Kier alpha value is -3.96. The molecule has 0 unspecified atom stereocenters. The number of rotatable bonds is 6. The van der Waals surface area contributed by atoms with E-state index in [-0.39, 0.29) is 24.6 Å². The minimum atomic E-state index is -2.63. The predicted octanol–water partition coefficient (Wildman–Crippen LogP) is 3.52. The number of likely N-dealkylation sites (tertiary alicyclic amines) is 1. The molecule has 11 heteroatoms. The summed E-state index contributed by atoms with van der Waals surface area (Å²) >= 11 is 0. The Bertz CT molecular complexity index is 1450. The number of amides is 1. The van der Waals surface area contributed by atoms with Gasteiger partial charge in [0.1, 0.15) is 5.82 Å². The van der Waals surface area contributed by atoms with E-state index in [4.69, 9.17) is 0 Å². The van der Waals surface area contributed by atoms with Crippen LogP contribution < -0.4 is 15.5 Å². The molecule has 196 valence electrons. The molecule has 5 heterocycles. The Morgan fingerprint density at radius 1 is 1.03 bits per heavy atom. The first-order chi connectivity index (χ1) is 18.4. The lowest BCUT2D eigenvalue weighted by molar-refractivity contribution is 0.0115. The van der Waals surface area contributed by atoms with Crippen LogP contribution in [0.25, 0.3) is 22.0 Å². The van der Waals surface area contributed by atoms with Crippen LogP contribution in [0.4, 0.5) is 20.3 Å². The normalized spacial score (nSPS) is 17.7. The van der Waals surface area contributed by atoms with Crippen LogP contribution in [0.1, 0.15) is 22.5 Å². The fraction of sp³-hybridized carbons (Fsp3) is 0.333. The Morgan fingerprint density at radius 2 is 1.89 bits per heavy atom. The zero-order chi connectivity index (χ0) is 26.1. The second kappa shape index (κ2) is 10.1. The summed E-state index contributed by atoms with van der Waals surface area (Å²) in [5.74, 6) is -2.09. The summed E-state index contributed by atoms with van der Waals surface area (Å²) < 4.78 is 27.2.